The van der Waals surface area contributed by atoms with Crippen LogP contribution in [0.4, 0.5) is 0 Å². The minimum absolute atomic E-state index is 0.281. The van der Waals surface area contributed by atoms with Crippen molar-refractivity contribution in [3.05, 3.63) is 34.9 Å². The monoisotopic (exact) mass is 239 g/mol. The van der Waals surface area contributed by atoms with Crippen LogP contribution in [0, 0.1) is 0 Å². The van der Waals surface area contributed by atoms with E-state index in [1.807, 2.05) is 0 Å². The van der Waals surface area contributed by atoms with Crippen LogP contribution >= 0.6 is 11.6 Å². The van der Waals surface area contributed by atoms with E-state index in [-0.39, 0.29) is 5.75 Å². The van der Waals surface area contributed by atoms with E-state index in [4.69, 9.17) is 20.7 Å². The third-order valence-electron chi connectivity index (χ3n) is 1.29. The fraction of sp³-hybridized carbons (Fsp3) is 0.143. The Kier molecular flexibility index (Phi) is 3.63. The predicted octanol–water partition coefficient (Wildman–Crippen LogP) is 2.07. The lowest BCUT2D eigenvalue weighted by molar-refractivity contribution is 0.450. The average molecular weight is 240 g/mol. The zero-order chi connectivity index (χ0) is 9.90. The Labute approximate surface area is 85.0 Å². The fourth-order valence-corrected chi connectivity index (χ4v) is 2.20. The van der Waals surface area contributed by atoms with Gasteiger partial charge in [-0.1, -0.05) is 23.7 Å². The van der Waals surface area contributed by atoms with E-state index in [0.29, 0.717) is 15.3 Å². The van der Waals surface area contributed by atoms with Gasteiger partial charge in [0.05, 0.1) is 0 Å². The van der Waals surface area contributed by atoms with Gasteiger partial charge in [0.1, 0.15) is 0 Å². The Morgan fingerprint density at radius 3 is 2.31 bits per heavy atom. The van der Waals surface area contributed by atoms with Crippen molar-refractivity contribution < 1.29 is 13.3 Å². The molecule has 0 atom stereocenters. The number of benzene rings is 1. The van der Waals surface area contributed by atoms with Crippen molar-refractivity contribution in [2.24, 2.45) is 0 Å². The summed E-state index contributed by atoms with van der Waals surface area (Å²) in [7, 11) is -3.11. The first-order valence-electron chi connectivity index (χ1n) is 3.35. The van der Waals surface area contributed by atoms with Crippen molar-refractivity contribution in [2.45, 2.75) is 5.75 Å². The summed E-state index contributed by atoms with van der Waals surface area (Å²) >= 11 is 5.64. The highest BCUT2D eigenvalue weighted by Crippen LogP contribution is 2.09. The minimum atomic E-state index is -3.70. The number of hydrogen-bond acceptors (Lipinski definition) is 1. The van der Waals surface area contributed by atoms with E-state index in [1.165, 1.54) is 0 Å². The molecule has 0 saturated carbocycles. The Morgan fingerprint density at radius 1 is 1.31 bits per heavy atom. The molecule has 2 N–H and O–H groups in total. The van der Waals surface area contributed by atoms with Gasteiger partial charge in [0.15, 0.2) is 0 Å². The van der Waals surface area contributed by atoms with Gasteiger partial charge in [0, 0.05) is 10.6 Å². The van der Waals surface area contributed by atoms with Crippen molar-refractivity contribution in [3.63, 3.8) is 0 Å². The van der Waals surface area contributed by atoms with E-state index in [9.17, 15) is 4.21 Å². The molecule has 1 rings (SSSR count). The van der Waals surface area contributed by atoms with Crippen LogP contribution in [-0.4, -0.2) is 13.3 Å². The zero-order valence-corrected chi connectivity index (χ0v) is 8.90. The molecule has 0 saturated heterocycles. The predicted molar refractivity (Wildman–Crippen MR) is 55.9 cm³/mol. The summed E-state index contributed by atoms with van der Waals surface area (Å²) in [5.74, 6) is 0.281. The Hall–Kier alpha value is -0.200. The Bertz CT molecular complexity index is 385. The molecular weight excluding hydrogens is 232 g/mol. The number of halogens is 1. The van der Waals surface area contributed by atoms with Gasteiger partial charge in [-0.3, -0.25) is 9.11 Å². The van der Waals surface area contributed by atoms with Crippen LogP contribution in [0.5, 0.6) is 0 Å². The van der Waals surface area contributed by atoms with Crippen molar-refractivity contribution >= 4 is 31.0 Å². The SMILES string of the molecule is O=S(O)(O)=[S+]Cc1ccc(Cl)cc1. The second kappa shape index (κ2) is 4.34. The Balaban J connectivity index is 2.77. The summed E-state index contributed by atoms with van der Waals surface area (Å²) in [5.41, 5.74) is 0.838. The van der Waals surface area contributed by atoms with Crippen molar-refractivity contribution in [1.29, 1.82) is 0 Å². The van der Waals surface area contributed by atoms with Crippen LogP contribution in [0.25, 0.3) is 0 Å². The summed E-state index contributed by atoms with van der Waals surface area (Å²) < 4.78 is 27.6. The van der Waals surface area contributed by atoms with Gasteiger partial charge in [0.2, 0.25) is 5.75 Å². The smallest absolute Gasteiger partial charge is 0.251 e. The molecule has 72 valence electrons. The van der Waals surface area contributed by atoms with Crippen molar-refractivity contribution in [1.82, 2.24) is 0 Å². The van der Waals surface area contributed by atoms with Crippen molar-refractivity contribution in [2.75, 3.05) is 0 Å². The molecule has 0 spiro atoms. The molecule has 6 heteroatoms. The van der Waals surface area contributed by atoms with Gasteiger partial charge in [-0.15, -0.1) is 0 Å². The normalized spacial score (nSPS) is 11.3. The lowest BCUT2D eigenvalue weighted by Crippen LogP contribution is -1.96. The van der Waals surface area contributed by atoms with E-state index in [1.54, 1.807) is 24.3 Å². The molecule has 0 heterocycles. The molecule has 1 aromatic rings. The van der Waals surface area contributed by atoms with Gasteiger partial charge >= 0.3 is 9.05 Å². The molecule has 0 radical (unpaired) electrons. The Morgan fingerprint density at radius 2 is 1.85 bits per heavy atom. The lowest BCUT2D eigenvalue weighted by Gasteiger charge is -1.89. The first-order chi connectivity index (χ1) is 5.97. The van der Waals surface area contributed by atoms with E-state index in [2.05, 4.69) is 0 Å². The largest absolute Gasteiger partial charge is 0.430 e. The molecule has 3 nitrogen and oxygen atoms in total. The molecule has 1 aromatic carbocycles. The van der Waals surface area contributed by atoms with E-state index in [0.717, 1.165) is 5.56 Å². The molecular formula is C7H8ClO3S2+. The highest BCUT2D eigenvalue weighted by molar-refractivity contribution is 8.33. The molecule has 0 bridgehead atoms. The lowest BCUT2D eigenvalue weighted by atomic mass is 10.2. The van der Waals surface area contributed by atoms with E-state index < -0.39 is 9.05 Å². The molecule has 0 aliphatic carbocycles. The maximum absolute atomic E-state index is 10.5. The summed E-state index contributed by atoms with van der Waals surface area (Å²) in [6.07, 6.45) is 0. The number of hydrogen-bond donors (Lipinski definition) is 2. The summed E-state index contributed by atoms with van der Waals surface area (Å²) in [6.45, 7) is 0. The first-order valence-corrected chi connectivity index (χ1v) is 6.70. The summed E-state index contributed by atoms with van der Waals surface area (Å²) in [6, 6.07) is 6.85. The van der Waals surface area contributed by atoms with Crippen LogP contribution in [-0.2, 0) is 25.1 Å². The maximum Gasteiger partial charge on any atom is 0.430 e. The second-order valence-corrected chi connectivity index (χ2v) is 6.20. The first kappa shape index (κ1) is 10.9. The van der Waals surface area contributed by atoms with Crippen LogP contribution in [0.3, 0.4) is 0 Å². The highest BCUT2D eigenvalue weighted by atomic mass is 35.5. The van der Waals surface area contributed by atoms with Crippen LogP contribution in [0.1, 0.15) is 5.56 Å². The van der Waals surface area contributed by atoms with E-state index >= 15 is 0 Å². The average Bonchev–Trinajstić information content (AvgIpc) is 2.02. The molecule has 0 unspecified atom stereocenters. The van der Waals surface area contributed by atoms with Gasteiger partial charge in [-0.25, -0.2) is 0 Å². The van der Waals surface area contributed by atoms with Gasteiger partial charge in [0.25, 0.3) is 10.3 Å². The van der Waals surface area contributed by atoms with Crippen LogP contribution in [0.15, 0.2) is 24.3 Å². The van der Waals surface area contributed by atoms with Gasteiger partial charge in [-0.05, 0) is 12.1 Å². The van der Waals surface area contributed by atoms with Crippen LogP contribution in [0.2, 0.25) is 5.02 Å². The molecule has 0 aromatic heterocycles. The molecule has 0 fully saturated rings. The van der Waals surface area contributed by atoms with Crippen molar-refractivity contribution in [3.8, 4) is 0 Å². The zero-order valence-electron chi connectivity index (χ0n) is 6.51. The molecule has 13 heavy (non-hydrogen) atoms. The fourth-order valence-electron chi connectivity index (χ4n) is 0.725. The second-order valence-electron chi connectivity index (χ2n) is 2.34. The maximum atomic E-state index is 10.5. The third-order valence-corrected chi connectivity index (χ3v) is 3.58. The standard InChI is InChI=1S/C7H7ClO3S2/c8-7-3-1-6(2-4-7)5-12-13(9,10)11/h1-4H,5H2,(H-,9,10,11)/p+1. The van der Waals surface area contributed by atoms with Gasteiger partial charge < -0.3 is 0 Å². The van der Waals surface area contributed by atoms with Gasteiger partial charge in [-0.2, -0.15) is 4.21 Å². The third kappa shape index (κ3) is 4.54. The summed E-state index contributed by atoms with van der Waals surface area (Å²) in [4.78, 5) is 0. The molecule has 0 aliphatic rings. The van der Waals surface area contributed by atoms with Crippen LogP contribution < -0.4 is 0 Å². The number of rotatable bonds is 2. The molecule has 0 aliphatic heterocycles. The summed E-state index contributed by atoms with van der Waals surface area (Å²) in [5, 5.41) is 0.613. The minimum Gasteiger partial charge on any atom is -0.251 e. The molecule has 0 amide bonds. The highest BCUT2D eigenvalue weighted by Gasteiger charge is 2.10. The topological polar surface area (TPSA) is 57.5 Å². The quantitative estimate of drug-likeness (QED) is 0.777.